The molecule has 0 aromatic carbocycles. The van der Waals surface area contributed by atoms with Gasteiger partial charge < -0.3 is 5.41 Å². The Hall–Kier alpha value is -0.370. The lowest BCUT2D eigenvalue weighted by atomic mass is 10.2. The average molecular weight is 131 g/mol. The predicted molar refractivity (Wildman–Crippen MR) is 35.1 cm³/mol. The molecule has 1 N–H and O–H groups in total. The summed E-state index contributed by atoms with van der Waals surface area (Å²) in [5.74, 6) is 0. The zero-order chi connectivity index (χ0) is 5.98. The quantitative estimate of drug-likeness (QED) is 0.515. The third-order valence-corrected chi connectivity index (χ3v) is 1.38. The Bertz CT molecular complexity index is 139. The second kappa shape index (κ2) is 2.27. The van der Waals surface area contributed by atoms with E-state index in [4.69, 9.17) is 17.0 Å². The van der Waals surface area contributed by atoms with Crippen molar-refractivity contribution in [3.8, 4) is 0 Å². The highest BCUT2D eigenvalue weighted by molar-refractivity contribution is 6.65. The van der Waals surface area contributed by atoms with E-state index in [1.807, 2.05) is 0 Å². The second-order valence-corrected chi connectivity index (χ2v) is 2.23. The van der Waals surface area contributed by atoms with Gasteiger partial charge in [-0.1, -0.05) is 11.6 Å². The van der Waals surface area contributed by atoms with Crippen molar-refractivity contribution in [1.29, 1.82) is 5.41 Å². The molecule has 1 heterocycles. The minimum absolute atomic E-state index is 0.513. The van der Waals surface area contributed by atoms with Crippen LogP contribution in [0.4, 0.5) is 0 Å². The second-order valence-electron chi connectivity index (χ2n) is 1.80. The molecule has 0 saturated heterocycles. The number of nitrogens with zero attached hydrogens (tertiary/aromatic N) is 1. The smallest absolute Gasteiger partial charge is 0.101 e. The van der Waals surface area contributed by atoms with Gasteiger partial charge in [-0.2, -0.15) is 0 Å². The maximum atomic E-state index is 7.11. The molecule has 8 heavy (non-hydrogen) atoms. The van der Waals surface area contributed by atoms with Crippen molar-refractivity contribution in [2.45, 2.75) is 12.8 Å². The van der Waals surface area contributed by atoms with Crippen LogP contribution in [-0.4, -0.2) is 17.4 Å². The molecule has 0 aromatic rings. The van der Waals surface area contributed by atoms with Crippen LogP contribution in [0, 0.1) is 5.41 Å². The fourth-order valence-electron chi connectivity index (χ4n) is 0.593. The summed E-state index contributed by atoms with van der Waals surface area (Å²) in [6.07, 6.45) is 1.56. The molecule has 0 fully saturated rings. The summed E-state index contributed by atoms with van der Waals surface area (Å²) in [6.45, 7) is 0.513. The molecule has 0 atom stereocenters. The lowest BCUT2D eigenvalue weighted by Gasteiger charge is -2.05. The van der Waals surface area contributed by atoms with Gasteiger partial charge in [0.2, 0.25) is 0 Å². The largest absolute Gasteiger partial charge is 0.308 e. The predicted octanol–water partition coefficient (Wildman–Crippen LogP) is 1.44. The highest BCUT2D eigenvalue weighted by Crippen LogP contribution is 2.05. The molecule has 0 unspecified atom stereocenters. The van der Waals surface area contributed by atoms with E-state index in [2.05, 4.69) is 4.99 Å². The highest BCUT2D eigenvalue weighted by Gasteiger charge is 2.04. The molecule has 2 nitrogen and oxygen atoms in total. The third-order valence-electron chi connectivity index (χ3n) is 1.07. The highest BCUT2D eigenvalue weighted by atomic mass is 35.5. The Labute approximate surface area is 53.1 Å². The van der Waals surface area contributed by atoms with Crippen LogP contribution in [0.5, 0.6) is 0 Å². The molecule has 0 aromatic heterocycles. The van der Waals surface area contributed by atoms with E-state index >= 15 is 0 Å². The molecule has 0 amide bonds. The van der Waals surface area contributed by atoms with Crippen LogP contribution in [0.3, 0.4) is 0 Å². The fourth-order valence-corrected chi connectivity index (χ4v) is 0.748. The summed E-state index contributed by atoms with van der Waals surface area (Å²) in [5.41, 5.74) is 0.689. The van der Waals surface area contributed by atoms with E-state index < -0.39 is 0 Å². The average Bonchev–Trinajstić information content (AvgIpc) is 1.77. The molecule has 1 aliphatic heterocycles. The first-order valence-corrected chi connectivity index (χ1v) is 2.92. The monoisotopic (exact) mass is 130 g/mol. The third kappa shape index (κ3) is 1.30. The lowest BCUT2D eigenvalue weighted by Crippen LogP contribution is -2.10. The van der Waals surface area contributed by atoms with Crippen molar-refractivity contribution in [2.24, 2.45) is 4.99 Å². The van der Waals surface area contributed by atoms with Gasteiger partial charge in [-0.05, 0) is 6.42 Å². The Morgan fingerprint density at radius 3 is 2.62 bits per heavy atom. The Balaban J connectivity index is 2.55. The van der Waals surface area contributed by atoms with Crippen molar-refractivity contribution in [1.82, 2.24) is 0 Å². The van der Waals surface area contributed by atoms with Crippen molar-refractivity contribution in [3.05, 3.63) is 0 Å². The summed E-state index contributed by atoms with van der Waals surface area (Å²) in [5, 5.41) is 7.78. The Kier molecular flexibility index (Phi) is 1.63. The molecule has 3 heteroatoms. The summed E-state index contributed by atoms with van der Waals surface area (Å²) < 4.78 is 0. The Morgan fingerprint density at radius 1 is 1.50 bits per heavy atom. The molecule has 1 aliphatic rings. The molecular weight excluding hydrogens is 124 g/mol. The van der Waals surface area contributed by atoms with Gasteiger partial charge in [0, 0.05) is 12.1 Å². The molecule has 0 radical (unpaired) electrons. The molecule has 0 saturated carbocycles. The van der Waals surface area contributed by atoms with Crippen LogP contribution in [-0.2, 0) is 0 Å². The van der Waals surface area contributed by atoms with Gasteiger partial charge >= 0.3 is 0 Å². The number of halogens is 1. The first-order chi connectivity index (χ1) is 3.79. The lowest BCUT2D eigenvalue weighted by molar-refractivity contribution is 1.04. The van der Waals surface area contributed by atoms with Crippen LogP contribution in [0.1, 0.15) is 12.8 Å². The minimum atomic E-state index is 0.513. The van der Waals surface area contributed by atoms with Crippen LogP contribution < -0.4 is 0 Å². The fraction of sp³-hybridized carbons (Fsp3) is 0.600. The van der Waals surface area contributed by atoms with Gasteiger partial charge in [0.1, 0.15) is 5.17 Å². The van der Waals surface area contributed by atoms with Crippen LogP contribution in [0.2, 0.25) is 0 Å². The van der Waals surface area contributed by atoms with Gasteiger partial charge in [-0.3, -0.25) is 4.99 Å². The SMILES string of the molecule is N=C1CCC(Cl)=NC1. The molecule has 1 rings (SSSR count). The van der Waals surface area contributed by atoms with E-state index in [9.17, 15) is 0 Å². The number of hydrogen-bond donors (Lipinski definition) is 1. The zero-order valence-electron chi connectivity index (χ0n) is 4.45. The number of aliphatic imine (C=N–C) groups is 1. The summed E-state index contributed by atoms with van der Waals surface area (Å²) in [4.78, 5) is 3.87. The zero-order valence-corrected chi connectivity index (χ0v) is 5.20. The van der Waals surface area contributed by atoms with Crippen LogP contribution in [0.25, 0.3) is 0 Å². The van der Waals surface area contributed by atoms with Crippen molar-refractivity contribution < 1.29 is 0 Å². The molecule has 44 valence electrons. The first kappa shape index (κ1) is 5.76. The molecule has 0 bridgehead atoms. The van der Waals surface area contributed by atoms with E-state index in [0.29, 0.717) is 17.4 Å². The van der Waals surface area contributed by atoms with Crippen LogP contribution in [0.15, 0.2) is 4.99 Å². The van der Waals surface area contributed by atoms with Crippen molar-refractivity contribution in [2.75, 3.05) is 6.54 Å². The van der Waals surface area contributed by atoms with Gasteiger partial charge in [-0.15, -0.1) is 0 Å². The van der Waals surface area contributed by atoms with E-state index in [0.717, 1.165) is 12.8 Å². The van der Waals surface area contributed by atoms with E-state index in [1.165, 1.54) is 0 Å². The molecular formula is C5H7ClN2. The minimum Gasteiger partial charge on any atom is -0.308 e. The summed E-state index contributed by atoms with van der Waals surface area (Å²) in [6, 6.07) is 0. The summed E-state index contributed by atoms with van der Waals surface area (Å²) in [7, 11) is 0. The van der Waals surface area contributed by atoms with Crippen LogP contribution >= 0.6 is 11.6 Å². The van der Waals surface area contributed by atoms with Gasteiger partial charge in [0.25, 0.3) is 0 Å². The normalized spacial score (nSPS) is 20.6. The number of nitrogens with one attached hydrogen (secondary N) is 1. The van der Waals surface area contributed by atoms with E-state index in [1.54, 1.807) is 0 Å². The topological polar surface area (TPSA) is 36.2 Å². The van der Waals surface area contributed by atoms with E-state index in [-0.39, 0.29) is 0 Å². The van der Waals surface area contributed by atoms with Crippen molar-refractivity contribution in [3.63, 3.8) is 0 Å². The Morgan fingerprint density at radius 2 is 2.25 bits per heavy atom. The molecule has 0 spiro atoms. The van der Waals surface area contributed by atoms with Gasteiger partial charge in [-0.25, -0.2) is 0 Å². The van der Waals surface area contributed by atoms with Gasteiger partial charge in [0.05, 0.1) is 6.54 Å². The number of hydrogen-bond acceptors (Lipinski definition) is 2. The standard InChI is InChI=1S/C5H7ClN2/c6-5-2-1-4(7)3-8-5/h7H,1-3H2. The number of rotatable bonds is 0. The maximum absolute atomic E-state index is 7.11. The first-order valence-electron chi connectivity index (χ1n) is 2.54. The maximum Gasteiger partial charge on any atom is 0.101 e. The molecule has 0 aliphatic carbocycles. The summed E-state index contributed by atoms with van der Waals surface area (Å²) >= 11 is 5.54. The van der Waals surface area contributed by atoms with Crippen molar-refractivity contribution >= 4 is 22.5 Å². The van der Waals surface area contributed by atoms with Gasteiger partial charge in [0.15, 0.2) is 0 Å².